The predicted molar refractivity (Wildman–Crippen MR) is 79.0 cm³/mol. The van der Waals surface area contributed by atoms with Crippen molar-refractivity contribution in [3.8, 4) is 0 Å². The Morgan fingerprint density at radius 3 is 2.53 bits per heavy atom. The molecule has 2 heterocycles. The Morgan fingerprint density at radius 1 is 1.26 bits per heavy atom. The molecule has 2 saturated heterocycles. The summed E-state index contributed by atoms with van der Waals surface area (Å²) in [6.45, 7) is 4.43. The number of carbonyl (C=O) groups excluding carboxylic acids is 1. The Kier molecular flexibility index (Phi) is 5.68. The second-order valence-electron chi connectivity index (χ2n) is 6.49. The summed E-state index contributed by atoms with van der Waals surface area (Å²) in [5.41, 5.74) is 0. The molecule has 0 aliphatic carbocycles. The molecule has 19 heavy (non-hydrogen) atoms. The first-order valence-electron chi connectivity index (χ1n) is 8.26. The van der Waals surface area contributed by atoms with Gasteiger partial charge in [-0.05, 0) is 38.0 Å². The first-order valence-corrected chi connectivity index (χ1v) is 8.26. The number of carbonyl (C=O) groups is 1. The van der Waals surface area contributed by atoms with Gasteiger partial charge in [0.15, 0.2) is 0 Å². The van der Waals surface area contributed by atoms with Crippen LogP contribution in [-0.2, 0) is 4.79 Å². The average molecular weight is 266 g/mol. The van der Waals surface area contributed by atoms with Crippen LogP contribution in [0.4, 0.5) is 0 Å². The van der Waals surface area contributed by atoms with Crippen molar-refractivity contribution in [2.75, 3.05) is 0 Å². The number of hydrogen-bond donors (Lipinski definition) is 2. The molecular formula is C16H30N2O. The molecule has 0 aromatic heterocycles. The smallest absolute Gasteiger partial charge is 0.220 e. The zero-order valence-electron chi connectivity index (χ0n) is 12.6. The van der Waals surface area contributed by atoms with Crippen LogP contribution >= 0.6 is 0 Å². The minimum atomic E-state index is 0.286. The molecule has 1 amide bonds. The number of piperidine rings is 1. The fourth-order valence-electron chi connectivity index (χ4n) is 3.67. The second-order valence-corrected chi connectivity index (χ2v) is 6.49. The minimum Gasteiger partial charge on any atom is -0.353 e. The lowest BCUT2D eigenvalue weighted by Gasteiger charge is -2.30. The number of fused-ring (bicyclic) bond motifs is 2. The molecule has 2 bridgehead atoms. The van der Waals surface area contributed by atoms with Crippen molar-refractivity contribution in [2.45, 2.75) is 89.8 Å². The molecule has 2 N–H and O–H groups in total. The van der Waals surface area contributed by atoms with Gasteiger partial charge < -0.3 is 10.6 Å². The third-order valence-electron chi connectivity index (χ3n) is 4.86. The number of nitrogens with one attached hydrogen (secondary N) is 2. The van der Waals surface area contributed by atoms with Gasteiger partial charge in [0, 0.05) is 24.5 Å². The fourth-order valence-corrected chi connectivity index (χ4v) is 3.67. The number of hydrogen-bond acceptors (Lipinski definition) is 2. The Hall–Kier alpha value is -0.570. The zero-order chi connectivity index (χ0) is 13.7. The molecule has 2 rings (SSSR count). The van der Waals surface area contributed by atoms with Gasteiger partial charge in [-0.2, -0.15) is 0 Å². The zero-order valence-corrected chi connectivity index (χ0v) is 12.6. The minimum absolute atomic E-state index is 0.286. The highest BCUT2D eigenvalue weighted by Crippen LogP contribution is 2.27. The van der Waals surface area contributed by atoms with E-state index in [9.17, 15) is 4.79 Å². The quantitative estimate of drug-likeness (QED) is 0.744. The highest BCUT2D eigenvalue weighted by molar-refractivity contribution is 5.76. The Labute approximate surface area is 117 Å². The summed E-state index contributed by atoms with van der Waals surface area (Å²) in [6, 6.07) is 1.74. The molecule has 0 saturated carbocycles. The summed E-state index contributed by atoms with van der Waals surface area (Å²) < 4.78 is 0. The lowest BCUT2D eigenvalue weighted by molar-refractivity contribution is -0.123. The van der Waals surface area contributed by atoms with Crippen LogP contribution in [0.5, 0.6) is 0 Å². The lowest BCUT2D eigenvalue weighted by Crippen LogP contribution is -2.48. The molecule has 0 aromatic carbocycles. The van der Waals surface area contributed by atoms with Gasteiger partial charge in [0.1, 0.15) is 0 Å². The first kappa shape index (κ1) is 14.8. The number of unbranched alkanes of at least 4 members (excludes halogenated alkanes) is 1. The van der Waals surface area contributed by atoms with Crippen molar-refractivity contribution in [2.24, 2.45) is 5.92 Å². The third-order valence-corrected chi connectivity index (χ3v) is 4.86. The van der Waals surface area contributed by atoms with Crippen LogP contribution in [0.1, 0.15) is 71.6 Å². The molecule has 3 heteroatoms. The summed E-state index contributed by atoms with van der Waals surface area (Å²) in [5.74, 6) is 0.868. The summed E-state index contributed by atoms with van der Waals surface area (Å²) in [4.78, 5) is 12.1. The molecule has 2 fully saturated rings. The van der Waals surface area contributed by atoms with Crippen molar-refractivity contribution in [1.82, 2.24) is 10.6 Å². The molecule has 110 valence electrons. The largest absolute Gasteiger partial charge is 0.353 e. The van der Waals surface area contributed by atoms with Gasteiger partial charge in [0.2, 0.25) is 5.91 Å². The topological polar surface area (TPSA) is 41.1 Å². The monoisotopic (exact) mass is 266 g/mol. The molecule has 2 aliphatic heterocycles. The van der Waals surface area contributed by atoms with Crippen LogP contribution in [0.25, 0.3) is 0 Å². The predicted octanol–water partition coefficient (Wildman–Crippen LogP) is 2.99. The van der Waals surface area contributed by atoms with Crippen LogP contribution in [0.15, 0.2) is 0 Å². The summed E-state index contributed by atoms with van der Waals surface area (Å²) >= 11 is 0. The van der Waals surface area contributed by atoms with Gasteiger partial charge in [-0.1, -0.05) is 33.1 Å². The van der Waals surface area contributed by atoms with E-state index in [1.807, 2.05) is 0 Å². The molecule has 3 atom stereocenters. The van der Waals surface area contributed by atoms with Crippen molar-refractivity contribution >= 4 is 5.91 Å². The molecule has 2 aliphatic rings. The van der Waals surface area contributed by atoms with Gasteiger partial charge in [-0.25, -0.2) is 0 Å². The van der Waals surface area contributed by atoms with Gasteiger partial charge >= 0.3 is 0 Å². The highest BCUT2D eigenvalue weighted by atomic mass is 16.1. The van der Waals surface area contributed by atoms with E-state index in [-0.39, 0.29) is 5.91 Å². The maximum atomic E-state index is 12.1. The van der Waals surface area contributed by atoms with E-state index >= 15 is 0 Å². The van der Waals surface area contributed by atoms with E-state index in [2.05, 4.69) is 24.5 Å². The van der Waals surface area contributed by atoms with E-state index in [0.717, 1.165) is 25.7 Å². The van der Waals surface area contributed by atoms with Gasteiger partial charge in [-0.3, -0.25) is 4.79 Å². The van der Waals surface area contributed by atoms with Crippen molar-refractivity contribution < 1.29 is 4.79 Å². The SMILES string of the molecule is CCCCC(CC)CC(=O)NC1CC2CCC(C1)N2. The van der Waals surface area contributed by atoms with Crippen molar-refractivity contribution in [1.29, 1.82) is 0 Å². The van der Waals surface area contributed by atoms with Crippen LogP contribution in [0.2, 0.25) is 0 Å². The molecule has 0 aromatic rings. The summed E-state index contributed by atoms with van der Waals surface area (Å²) in [7, 11) is 0. The van der Waals surface area contributed by atoms with E-state index < -0.39 is 0 Å². The molecule has 3 nitrogen and oxygen atoms in total. The maximum absolute atomic E-state index is 12.1. The lowest BCUT2D eigenvalue weighted by atomic mass is 9.94. The standard InChI is InChI=1S/C16H30N2O/c1-3-5-6-12(4-2)9-16(19)18-15-10-13-7-8-14(11-15)17-13/h12-15,17H,3-11H2,1-2H3,(H,18,19). The number of amides is 1. The van der Waals surface area contributed by atoms with Gasteiger partial charge in [0.05, 0.1) is 0 Å². The molecule has 3 unspecified atom stereocenters. The van der Waals surface area contributed by atoms with E-state index in [1.165, 1.54) is 32.1 Å². The Morgan fingerprint density at radius 2 is 1.95 bits per heavy atom. The molecule has 0 radical (unpaired) electrons. The van der Waals surface area contributed by atoms with E-state index in [0.29, 0.717) is 24.0 Å². The average Bonchev–Trinajstić information content (AvgIpc) is 2.73. The van der Waals surface area contributed by atoms with Crippen LogP contribution in [0.3, 0.4) is 0 Å². The summed E-state index contributed by atoms with van der Waals surface area (Å²) in [6.07, 6.45) is 10.4. The van der Waals surface area contributed by atoms with Gasteiger partial charge in [0.25, 0.3) is 0 Å². The number of rotatable bonds is 7. The fraction of sp³-hybridized carbons (Fsp3) is 0.938. The van der Waals surface area contributed by atoms with Crippen molar-refractivity contribution in [3.05, 3.63) is 0 Å². The summed E-state index contributed by atoms with van der Waals surface area (Å²) in [5, 5.41) is 6.90. The normalized spacial score (nSPS) is 31.2. The molecule has 0 spiro atoms. The van der Waals surface area contributed by atoms with Crippen LogP contribution in [-0.4, -0.2) is 24.0 Å². The maximum Gasteiger partial charge on any atom is 0.220 e. The highest BCUT2D eigenvalue weighted by Gasteiger charge is 2.34. The Balaban J connectivity index is 1.71. The van der Waals surface area contributed by atoms with E-state index in [4.69, 9.17) is 0 Å². The van der Waals surface area contributed by atoms with Crippen molar-refractivity contribution in [3.63, 3.8) is 0 Å². The van der Waals surface area contributed by atoms with Crippen LogP contribution < -0.4 is 10.6 Å². The van der Waals surface area contributed by atoms with Gasteiger partial charge in [-0.15, -0.1) is 0 Å². The Bertz CT molecular complexity index is 280. The van der Waals surface area contributed by atoms with Crippen LogP contribution in [0, 0.1) is 5.92 Å². The molecular weight excluding hydrogens is 236 g/mol. The first-order chi connectivity index (χ1) is 9.21. The second kappa shape index (κ2) is 7.28. The third kappa shape index (κ3) is 4.48. The van der Waals surface area contributed by atoms with E-state index in [1.54, 1.807) is 0 Å².